The Morgan fingerprint density at radius 2 is 1.64 bits per heavy atom. The standard InChI is InChI=1S/C17H11ClF3N3O/c18-12-3-1-11(2-4-12)16(25)22-13-5-7-14(8-6-13)24-10-9-15(23-24)17(19,20)21/h1-10H,(H,22,25). The summed E-state index contributed by atoms with van der Waals surface area (Å²) in [6.45, 7) is 0. The predicted molar refractivity (Wildman–Crippen MR) is 88.0 cm³/mol. The molecule has 128 valence electrons. The lowest BCUT2D eigenvalue weighted by Crippen LogP contribution is -2.11. The van der Waals surface area contributed by atoms with Gasteiger partial charge >= 0.3 is 6.18 Å². The van der Waals surface area contributed by atoms with E-state index < -0.39 is 11.9 Å². The fraction of sp³-hybridized carbons (Fsp3) is 0.0588. The maximum Gasteiger partial charge on any atom is 0.435 e. The number of nitrogens with one attached hydrogen (secondary N) is 1. The molecular formula is C17H11ClF3N3O. The van der Waals surface area contributed by atoms with Crippen LogP contribution in [0.1, 0.15) is 16.1 Å². The lowest BCUT2D eigenvalue weighted by atomic mass is 10.2. The summed E-state index contributed by atoms with van der Waals surface area (Å²) < 4.78 is 38.9. The van der Waals surface area contributed by atoms with Gasteiger partial charge in [0.25, 0.3) is 5.91 Å². The molecule has 2 aromatic carbocycles. The first-order chi connectivity index (χ1) is 11.8. The van der Waals surface area contributed by atoms with Gasteiger partial charge in [0, 0.05) is 22.5 Å². The quantitative estimate of drug-likeness (QED) is 0.725. The molecule has 25 heavy (non-hydrogen) atoms. The third kappa shape index (κ3) is 4.00. The van der Waals surface area contributed by atoms with Gasteiger partial charge in [0.2, 0.25) is 0 Å². The molecule has 0 unspecified atom stereocenters. The Hall–Kier alpha value is -2.80. The minimum absolute atomic E-state index is 0.317. The molecule has 3 aromatic rings. The summed E-state index contributed by atoms with van der Waals surface area (Å²) in [6, 6.07) is 13.6. The van der Waals surface area contributed by atoms with Crippen LogP contribution in [-0.2, 0) is 6.18 Å². The van der Waals surface area contributed by atoms with Crippen molar-refractivity contribution in [3.63, 3.8) is 0 Å². The van der Waals surface area contributed by atoms with E-state index in [0.717, 1.165) is 10.7 Å². The van der Waals surface area contributed by atoms with Crippen LogP contribution in [0.2, 0.25) is 5.02 Å². The number of hydrogen-bond acceptors (Lipinski definition) is 2. The zero-order valence-electron chi connectivity index (χ0n) is 12.6. The number of halogens is 4. The largest absolute Gasteiger partial charge is 0.435 e. The first kappa shape index (κ1) is 17.0. The molecule has 1 heterocycles. The van der Waals surface area contributed by atoms with Crippen LogP contribution in [0, 0.1) is 0 Å². The Kier molecular flexibility index (Phi) is 4.50. The second kappa shape index (κ2) is 6.60. The molecule has 0 fully saturated rings. The molecule has 0 saturated carbocycles. The average molecular weight is 366 g/mol. The number of amides is 1. The molecule has 1 aromatic heterocycles. The van der Waals surface area contributed by atoms with Gasteiger partial charge in [-0.25, -0.2) is 4.68 Å². The maximum absolute atomic E-state index is 12.6. The zero-order chi connectivity index (χ0) is 18.0. The van der Waals surface area contributed by atoms with Crippen molar-refractivity contribution in [2.45, 2.75) is 6.18 Å². The Balaban J connectivity index is 1.73. The van der Waals surface area contributed by atoms with E-state index in [2.05, 4.69) is 10.4 Å². The highest BCUT2D eigenvalue weighted by Crippen LogP contribution is 2.28. The number of benzene rings is 2. The van der Waals surface area contributed by atoms with E-state index >= 15 is 0 Å². The first-order valence-corrected chi connectivity index (χ1v) is 7.51. The SMILES string of the molecule is O=C(Nc1ccc(-n2ccc(C(F)(F)F)n2)cc1)c1ccc(Cl)cc1. The summed E-state index contributed by atoms with van der Waals surface area (Å²) in [7, 11) is 0. The van der Waals surface area contributed by atoms with Gasteiger partial charge in [-0.3, -0.25) is 4.79 Å². The summed E-state index contributed by atoms with van der Waals surface area (Å²) in [5, 5.41) is 6.71. The van der Waals surface area contributed by atoms with Crippen LogP contribution in [0.15, 0.2) is 60.8 Å². The van der Waals surface area contributed by atoms with Gasteiger partial charge in [0.1, 0.15) is 0 Å². The summed E-state index contributed by atoms with van der Waals surface area (Å²) in [4.78, 5) is 12.1. The van der Waals surface area contributed by atoms with Crippen molar-refractivity contribution >= 4 is 23.2 Å². The van der Waals surface area contributed by atoms with Crippen molar-refractivity contribution in [1.29, 1.82) is 0 Å². The van der Waals surface area contributed by atoms with Gasteiger partial charge in [0.05, 0.1) is 5.69 Å². The molecule has 0 aliphatic heterocycles. The number of rotatable bonds is 3. The number of carbonyl (C=O) groups excluding carboxylic acids is 1. The monoisotopic (exact) mass is 365 g/mol. The topological polar surface area (TPSA) is 46.9 Å². The maximum atomic E-state index is 12.6. The number of hydrogen-bond donors (Lipinski definition) is 1. The van der Waals surface area contributed by atoms with Gasteiger partial charge in [-0.05, 0) is 54.6 Å². The van der Waals surface area contributed by atoms with E-state index in [9.17, 15) is 18.0 Å². The summed E-state index contributed by atoms with van der Waals surface area (Å²) in [5.41, 5.74) is 0.426. The summed E-state index contributed by atoms with van der Waals surface area (Å²) in [6.07, 6.45) is -3.26. The van der Waals surface area contributed by atoms with Gasteiger partial charge in [-0.1, -0.05) is 11.6 Å². The predicted octanol–water partition coefficient (Wildman–Crippen LogP) is 4.80. The number of carbonyl (C=O) groups is 1. The van der Waals surface area contributed by atoms with E-state index in [1.165, 1.54) is 6.20 Å². The van der Waals surface area contributed by atoms with Gasteiger partial charge in [-0.2, -0.15) is 18.3 Å². The van der Waals surface area contributed by atoms with Crippen LogP contribution < -0.4 is 5.32 Å². The lowest BCUT2D eigenvalue weighted by molar-refractivity contribution is -0.141. The Morgan fingerprint density at radius 3 is 2.20 bits per heavy atom. The number of aromatic nitrogens is 2. The van der Waals surface area contributed by atoms with Crippen molar-refractivity contribution in [2.24, 2.45) is 0 Å². The van der Waals surface area contributed by atoms with Crippen LogP contribution in [0.25, 0.3) is 5.69 Å². The second-order valence-corrected chi connectivity index (χ2v) is 5.59. The summed E-state index contributed by atoms with van der Waals surface area (Å²) in [5.74, 6) is -0.317. The third-order valence-electron chi connectivity index (χ3n) is 3.38. The molecule has 0 aliphatic rings. The fourth-order valence-corrected chi connectivity index (χ4v) is 2.25. The third-order valence-corrected chi connectivity index (χ3v) is 3.63. The van der Waals surface area contributed by atoms with E-state index in [-0.39, 0.29) is 5.91 Å². The molecule has 0 spiro atoms. The van der Waals surface area contributed by atoms with E-state index in [4.69, 9.17) is 11.6 Å². The molecule has 0 saturated heterocycles. The highest BCUT2D eigenvalue weighted by molar-refractivity contribution is 6.30. The van der Waals surface area contributed by atoms with Crippen LogP contribution in [0.4, 0.5) is 18.9 Å². The average Bonchev–Trinajstić information content (AvgIpc) is 3.06. The Labute approximate surface area is 145 Å². The molecule has 0 aliphatic carbocycles. The molecule has 4 nitrogen and oxygen atoms in total. The smallest absolute Gasteiger partial charge is 0.322 e. The van der Waals surface area contributed by atoms with Crippen LogP contribution in [0.3, 0.4) is 0 Å². The normalized spacial score (nSPS) is 11.4. The van der Waals surface area contributed by atoms with Gasteiger partial charge < -0.3 is 5.32 Å². The van der Waals surface area contributed by atoms with Crippen LogP contribution in [0.5, 0.6) is 0 Å². The van der Waals surface area contributed by atoms with Crippen molar-refractivity contribution in [3.8, 4) is 5.69 Å². The highest BCUT2D eigenvalue weighted by atomic mass is 35.5. The Bertz CT molecular complexity index is 887. The molecule has 3 rings (SSSR count). The molecule has 0 radical (unpaired) electrons. The first-order valence-electron chi connectivity index (χ1n) is 7.13. The minimum atomic E-state index is -4.49. The highest BCUT2D eigenvalue weighted by Gasteiger charge is 2.33. The van der Waals surface area contributed by atoms with Crippen molar-refractivity contribution in [2.75, 3.05) is 5.32 Å². The molecule has 8 heteroatoms. The number of alkyl halides is 3. The van der Waals surface area contributed by atoms with Gasteiger partial charge in [-0.15, -0.1) is 0 Å². The van der Waals surface area contributed by atoms with Crippen LogP contribution in [-0.4, -0.2) is 15.7 Å². The summed E-state index contributed by atoms with van der Waals surface area (Å²) >= 11 is 5.77. The minimum Gasteiger partial charge on any atom is -0.322 e. The molecule has 1 N–H and O–H groups in total. The lowest BCUT2D eigenvalue weighted by Gasteiger charge is -2.07. The van der Waals surface area contributed by atoms with Crippen molar-refractivity contribution in [3.05, 3.63) is 77.1 Å². The number of nitrogens with zero attached hydrogens (tertiary/aromatic N) is 2. The fourth-order valence-electron chi connectivity index (χ4n) is 2.12. The van der Waals surface area contributed by atoms with E-state index in [1.807, 2.05) is 0 Å². The molecule has 0 bridgehead atoms. The molecule has 1 amide bonds. The van der Waals surface area contributed by atoms with Crippen LogP contribution >= 0.6 is 11.6 Å². The van der Waals surface area contributed by atoms with E-state index in [1.54, 1.807) is 48.5 Å². The second-order valence-electron chi connectivity index (χ2n) is 5.15. The van der Waals surface area contributed by atoms with Crippen molar-refractivity contribution < 1.29 is 18.0 Å². The number of anilines is 1. The molecular weight excluding hydrogens is 355 g/mol. The van der Waals surface area contributed by atoms with E-state index in [0.29, 0.717) is 22.0 Å². The molecule has 0 atom stereocenters. The van der Waals surface area contributed by atoms with Crippen molar-refractivity contribution in [1.82, 2.24) is 9.78 Å². The van der Waals surface area contributed by atoms with Gasteiger partial charge in [0.15, 0.2) is 5.69 Å². The Morgan fingerprint density at radius 1 is 1.00 bits per heavy atom. The zero-order valence-corrected chi connectivity index (χ0v) is 13.3.